The predicted octanol–water partition coefficient (Wildman–Crippen LogP) is 4.40. The molecule has 5 nitrogen and oxygen atoms in total. The zero-order chi connectivity index (χ0) is 18.4. The first kappa shape index (κ1) is 16.1. The molecule has 0 radical (unpaired) electrons. The van der Waals surface area contributed by atoms with Crippen LogP contribution in [0.5, 0.6) is 11.5 Å². The average molecular weight is 345 g/mol. The Morgan fingerprint density at radius 3 is 1.88 bits per heavy atom. The molecule has 0 atom stereocenters. The molecule has 0 saturated heterocycles. The molecule has 0 saturated carbocycles. The molecule has 26 heavy (non-hydrogen) atoms. The number of rotatable bonds is 2. The highest BCUT2D eigenvalue weighted by Gasteiger charge is 2.20. The van der Waals surface area contributed by atoms with Crippen molar-refractivity contribution < 1.29 is 10.2 Å². The van der Waals surface area contributed by atoms with Crippen LogP contribution in [0.25, 0.3) is 28.0 Å². The highest BCUT2D eigenvalue weighted by molar-refractivity contribution is 5.90. The average Bonchev–Trinajstić information content (AvgIpc) is 3.00. The van der Waals surface area contributed by atoms with E-state index < -0.39 is 0 Å². The smallest absolute Gasteiger partial charge is 0.164 e. The largest absolute Gasteiger partial charge is 0.508 e. The minimum Gasteiger partial charge on any atom is -0.508 e. The van der Waals surface area contributed by atoms with E-state index in [0.717, 1.165) is 45.0 Å². The van der Waals surface area contributed by atoms with Crippen molar-refractivity contribution in [3.8, 4) is 33.9 Å². The van der Waals surface area contributed by atoms with Gasteiger partial charge in [-0.3, -0.25) is 0 Å². The number of hydrogen-bond acceptors (Lipinski definition) is 4. The summed E-state index contributed by atoms with van der Waals surface area (Å²) in [6.45, 7) is 6.07. The van der Waals surface area contributed by atoms with Gasteiger partial charge in [0.05, 0.1) is 5.56 Å². The maximum Gasteiger partial charge on any atom is 0.164 e. The normalized spacial score (nSPS) is 11.2. The van der Waals surface area contributed by atoms with Crippen molar-refractivity contribution in [3.63, 3.8) is 0 Å². The molecule has 5 heteroatoms. The highest BCUT2D eigenvalue weighted by Crippen LogP contribution is 2.36. The van der Waals surface area contributed by atoms with Crippen molar-refractivity contribution in [2.75, 3.05) is 0 Å². The molecule has 2 aromatic heterocycles. The quantitative estimate of drug-likeness (QED) is 0.565. The fraction of sp³-hybridized carbons (Fsp3) is 0.143. The zero-order valence-electron chi connectivity index (χ0n) is 14.9. The van der Waals surface area contributed by atoms with E-state index >= 15 is 0 Å². The Hall–Kier alpha value is -3.34. The number of aryl methyl sites for hydroxylation is 2. The lowest BCUT2D eigenvalue weighted by molar-refractivity contribution is 0.475. The number of phenols is 2. The minimum absolute atomic E-state index is 0.213. The fourth-order valence-electron chi connectivity index (χ4n) is 3.12. The topological polar surface area (TPSA) is 70.7 Å². The Kier molecular flexibility index (Phi) is 3.65. The highest BCUT2D eigenvalue weighted by atomic mass is 16.3. The van der Waals surface area contributed by atoms with Crippen LogP contribution in [0.3, 0.4) is 0 Å². The number of phenolic OH excluding ortho intramolecular Hbond substituents is 2. The summed E-state index contributed by atoms with van der Waals surface area (Å²) in [6.07, 6.45) is 0. The van der Waals surface area contributed by atoms with Crippen molar-refractivity contribution in [2.45, 2.75) is 20.8 Å². The first-order valence-electron chi connectivity index (χ1n) is 8.41. The summed E-state index contributed by atoms with van der Waals surface area (Å²) < 4.78 is 1.87. The van der Waals surface area contributed by atoms with Crippen molar-refractivity contribution in [1.29, 1.82) is 0 Å². The number of fused-ring (bicyclic) bond motifs is 1. The molecular formula is C21H19N3O2. The molecule has 0 bridgehead atoms. The Bertz CT molecular complexity index is 1110. The Balaban J connectivity index is 2.09. The van der Waals surface area contributed by atoms with Crippen LogP contribution in [0.4, 0.5) is 0 Å². The summed E-state index contributed by atoms with van der Waals surface area (Å²) in [7, 11) is 0. The van der Waals surface area contributed by atoms with Crippen LogP contribution in [0, 0.1) is 20.8 Å². The molecule has 0 fully saturated rings. The summed E-state index contributed by atoms with van der Waals surface area (Å²) in [5.41, 5.74) is 7.40. The van der Waals surface area contributed by atoms with Crippen molar-refractivity contribution in [2.24, 2.45) is 0 Å². The van der Waals surface area contributed by atoms with Crippen LogP contribution >= 0.6 is 0 Å². The maximum atomic E-state index is 9.64. The maximum absolute atomic E-state index is 9.64. The SMILES string of the molecule is Cc1nc2c(-c3ccc(O)cc3)c(-c3ccc(O)cc3)nn2c(C)c1C. The van der Waals surface area contributed by atoms with E-state index in [1.165, 1.54) is 0 Å². The molecule has 2 aromatic carbocycles. The molecule has 0 aliphatic heterocycles. The number of aromatic nitrogens is 3. The summed E-state index contributed by atoms with van der Waals surface area (Å²) in [5, 5.41) is 24.1. The lowest BCUT2D eigenvalue weighted by atomic mass is 10.0. The van der Waals surface area contributed by atoms with Crippen LogP contribution in [0.15, 0.2) is 48.5 Å². The number of aromatic hydroxyl groups is 2. The third-order valence-corrected chi connectivity index (χ3v) is 4.83. The molecular weight excluding hydrogens is 326 g/mol. The van der Waals surface area contributed by atoms with E-state index in [4.69, 9.17) is 10.1 Å². The van der Waals surface area contributed by atoms with Gasteiger partial charge in [-0.05, 0) is 68.3 Å². The van der Waals surface area contributed by atoms with E-state index in [0.29, 0.717) is 0 Å². The summed E-state index contributed by atoms with van der Waals surface area (Å²) >= 11 is 0. The first-order chi connectivity index (χ1) is 12.5. The van der Waals surface area contributed by atoms with Crippen molar-refractivity contribution in [1.82, 2.24) is 14.6 Å². The number of hydrogen-bond donors (Lipinski definition) is 2. The van der Waals surface area contributed by atoms with Gasteiger partial charge in [-0.25, -0.2) is 9.50 Å². The second-order valence-electron chi connectivity index (χ2n) is 6.46. The van der Waals surface area contributed by atoms with Gasteiger partial charge < -0.3 is 10.2 Å². The number of benzene rings is 2. The number of nitrogens with zero attached hydrogens (tertiary/aromatic N) is 3. The van der Waals surface area contributed by atoms with Gasteiger partial charge >= 0.3 is 0 Å². The van der Waals surface area contributed by atoms with Crippen LogP contribution in [-0.4, -0.2) is 24.8 Å². The van der Waals surface area contributed by atoms with Gasteiger partial charge in [0.25, 0.3) is 0 Å². The van der Waals surface area contributed by atoms with E-state index in [2.05, 4.69) is 0 Å². The lowest BCUT2D eigenvalue weighted by Gasteiger charge is -2.07. The van der Waals surface area contributed by atoms with Gasteiger partial charge in [-0.2, -0.15) is 5.10 Å². The van der Waals surface area contributed by atoms with Gasteiger partial charge in [0.2, 0.25) is 0 Å². The third kappa shape index (κ3) is 2.49. The van der Waals surface area contributed by atoms with Crippen molar-refractivity contribution >= 4 is 5.65 Å². The van der Waals surface area contributed by atoms with Gasteiger partial charge in [0.15, 0.2) is 5.65 Å². The van der Waals surface area contributed by atoms with Crippen LogP contribution < -0.4 is 0 Å². The monoisotopic (exact) mass is 345 g/mol. The van der Waals surface area contributed by atoms with Crippen molar-refractivity contribution in [3.05, 3.63) is 65.5 Å². The first-order valence-corrected chi connectivity index (χ1v) is 8.41. The second-order valence-corrected chi connectivity index (χ2v) is 6.46. The summed E-state index contributed by atoms with van der Waals surface area (Å²) in [5.74, 6) is 0.428. The molecule has 4 rings (SSSR count). The minimum atomic E-state index is 0.213. The van der Waals surface area contributed by atoms with Crippen LogP contribution in [0.1, 0.15) is 17.0 Å². The molecule has 2 N–H and O–H groups in total. The fourth-order valence-corrected chi connectivity index (χ4v) is 3.12. The Morgan fingerprint density at radius 1 is 0.769 bits per heavy atom. The van der Waals surface area contributed by atoms with E-state index in [-0.39, 0.29) is 11.5 Å². The van der Waals surface area contributed by atoms with Crippen LogP contribution in [-0.2, 0) is 0 Å². The Morgan fingerprint density at radius 2 is 1.31 bits per heavy atom. The molecule has 0 aliphatic carbocycles. The predicted molar refractivity (Wildman–Crippen MR) is 101 cm³/mol. The molecule has 130 valence electrons. The van der Waals surface area contributed by atoms with E-state index in [9.17, 15) is 10.2 Å². The molecule has 0 unspecified atom stereocenters. The molecule has 0 amide bonds. The van der Waals surface area contributed by atoms with E-state index in [1.54, 1.807) is 24.3 Å². The second kappa shape index (κ2) is 5.88. The van der Waals surface area contributed by atoms with Gasteiger partial charge in [0.1, 0.15) is 17.2 Å². The third-order valence-electron chi connectivity index (χ3n) is 4.83. The summed E-state index contributed by atoms with van der Waals surface area (Å²) in [6, 6.07) is 14.0. The van der Waals surface area contributed by atoms with Crippen LogP contribution in [0.2, 0.25) is 0 Å². The van der Waals surface area contributed by atoms with Gasteiger partial charge in [-0.1, -0.05) is 12.1 Å². The molecule has 0 aliphatic rings. The van der Waals surface area contributed by atoms with Gasteiger partial charge in [0, 0.05) is 17.0 Å². The lowest BCUT2D eigenvalue weighted by Crippen LogP contribution is -2.02. The molecule has 2 heterocycles. The molecule has 0 spiro atoms. The Labute approximate surface area is 151 Å². The standard InChI is InChI=1S/C21H19N3O2/c1-12-13(2)22-21-19(15-4-8-17(25)9-5-15)20(23-24(21)14(12)3)16-6-10-18(26)11-7-16/h4-11,25-26H,1-3H3. The van der Waals surface area contributed by atoms with Gasteiger partial charge in [-0.15, -0.1) is 0 Å². The van der Waals surface area contributed by atoms with E-state index in [1.807, 2.05) is 49.6 Å². The summed E-state index contributed by atoms with van der Waals surface area (Å²) in [4.78, 5) is 4.79. The molecule has 4 aromatic rings. The zero-order valence-corrected chi connectivity index (χ0v) is 14.9.